The van der Waals surface area contributed by atoms with E-state index in [1.165, 1.54) is 0 Å². The van der Waals surface area contributed by atoms with Gasteiger partial charge in [-0.15, -0.1) is 0 Å². The Labute approximate surface area is 174 Å². The lowest BCUT2D eigenvalue weighted by molar-refractivity contribution is -0.138. The number of methoxy groups -OCH3 is 1. The van der Waals surface area contributed by atoms with Crippen LogP contribution in [-0.2, 0) is 19.1 Å². The number of fused-ring (bicyclic) bond motifs is 1. The predicted octanol–water partition coefficient (Wildman–Crippen LogP) is 2.25. The molecule has 3 aromatic rings. The summed E-state index contributed by atoms with van der Waals surface area (Å²) in [5, 5.41) is 5.30. The molecule has 8 nitrogen and oxygen atoms in total. The molecular weight excluding hydrogens is 384 g/mol. The fourth-order valence-electron chi connectivity index (χ4n) is 3.50. The summed E-state index contributed by atoms with van der Waals surface area (Å²) in [4.78, 5) is 29.0. The van der Waals surface area contributed by atoms with Gasteiger partial charge in [0.05, 0.1) is 11.3 Å². The number of amides is 2. The molecule has 3 heterocycles. The third kappa shape index (κ3) is 4.34. The molecule has 0 saturated carbocycles. The van der Waals surface area contributed by atoms with Crippen molar-refractivity contribution in [2.75, 3.05) is 32.2 Å². The van der Waals surface area contributed by atoms with Crippen molar-refractivity contribution in [3.8, 4) is 11.3 Å². The number of aromatic nitrogens is 2. The molecule has 1 aliphatic rings. The Kier molecular flexibility index (Phi) is 5.78. The molecule has 30 heavy (non-hydrogen) atoms. The molecule has 0 atom stereocenters. The molecule has 0 unspecified atom stereocenters. The fourth-order valence-corrected chi connectivity index (χ4v) is 3.50. The van der Waals surface area contributed by atoms with Crippen molar-refractivity contribution >= 4 is 23.1 Å². The zero-order valence-electron chi connectivity index (χ0n) is 16.8. The van der Waals surface area contributed by atoms with Crippen molar-refractivity contribution in [1.29, 1.82) is 0 Å². The van der Waals surface area contributed by atoms with Crippen molar-refractivity contribution in [3.63, 3.8) is 0 Å². The Bertz CT molecular complexity index is 1010. The van der Waals surface area contributed by atoms with Crippen molar-refractivity contribution in [1.82, 2.24) is 14.7 Å². The molecule has 156 valence electrons. The van der Waals surface area contributed by atoms with Gasteiger partial charge in [0.1, 0.15) is 5.65 Å². The molecule has 1 aromatic carbocycles. The number of pyridine rings is 1. The van der Waals surface area contributed by atoms with Gasteiger partial charge in [0.15, 0.2) is 0 Å². The van der Waals surface area contributed by atoms with E-state index < -0.39 is 17.4 Å². The van der Waals surface area contributed by atoms with E-state index in [0.717, 1.165) is 16.9 Å². The minimum atomic E-state index is -0.714. The highest BCUT2D eigenvalue weighted by Gasteiger charge is 2.33. The highest BCUT2D eigenvalue weighted by molar-refractivity contribution is 6.39. The fraction of sp³-hybridized carbons (Fsp3) is 0.318. The van der Waals surface area contributed by atoms with Gasteiger partial charge in [-0.1, -0.05) is 18.2 Å². The van der Waals surface area contributed by atoms with Crippen LogP contribution >= 0.6 is 0 Å². The molecule has 2 N–H and O–H groups in total. The Morgan fingerprint density at radius 2 is 1.90 bits per heavy atom. The van der Waals surface area contributed by atoms with E-state index in [1.807, 2.05) is 47.1 Å². The van der Waals surface area contributed by atoms with Gasteiger partial charge < -0.3 is 24.5 Å². The third-order valence-corrected chi connectivity index (χ3v) is 5.42. The first-order valence-electron chi connectivity index (χ1n) is 9.85. The Balaban J connectivity index is 1.35. The minimum Gasteiger partial charge on any atom is -0.381 e. The molecular formula is C22H24N4O4. The molecule has 0 radical (unpaired) electrons. The van der Waals surface area contributed by atoms with Gasteiger partial charge in [0.2, 0.25) is 0 Å². The number of ether oxygens (including phenoxy) is 2. The van der Waals surface area contributed by atoms with Crippen LogP contribution in [0.15, 0.2) is 54.9 Å². The first kappa shape index (κ1) is 20.1. The monoisotopic (exact) mass is 408 g/mol. The van der Waals surface area contributed by atoms with Gasteiger partial charge in [0.25, 0.3) is 0 Å². The third-order valence-electron chi connectivity index (χ3n) is 5.42. The van der Waals surface area contributed by atoms with Crippen LogP contribution in [0.25, 0.3) is 16.9 Å². The second-order valence-corrected chi connectivity index (χ2v) is 7.31. The Morgan fingerprint density at radius 1 is 1.13 bits per heavy atom. The van der Waals surface area contributed by atoms with Gasteiger partial charge >= 0.3 is 11.8 Å². The van der Waals surface area contributed by atoms with Gasteiger partial charge in [-0.25, -0.2) is 4.98 Å². The van der Waals surface area contributed by atoms with Crippen LogP contribution < -0.4 is 10.6 Å². The summed E-state index contributed by atoms with van der Waals surface area (Å²) in [6.45, 7) is 1.43. The lowest BCUT2D eigenvalue weighted by Gasteiger charge is -2.35. The van der Waals surface area contributed by atoms with Crippen LogP contribution in [0.3, 0.4) is 0 Å². The van der Waals surface area contributed by atoms with Crippen molar-refractivity contribution in [3.05, 3.63) is 54.9 Å². The number of carbonyl (C=O) groups excluding carboxylic acids is 2. The summed E-state index contributed by atoms with van der Waals surface area (Å²) in [7, 11) is 1.61. The first-order valence-corrected chi connectivity index (χ1v) is 9.85. The molecule has 1 aliphatic heterocycles. The van der Waals surface area contributed by atoms with E-state index in [0.29, 0.717) is 31.7 Å². The van der Waals surface area contributed by atoms with Crippen LogP contribution in [0, 0.1) is 0 Å². The SMILES string of the molecule is COC1(CNC(=O)C(=O)Nc2ccc(-c3cn4ccccc4n3)cc2)CCOCC1. The van der Waals surface area contributed by atoms with E-state index in [2.05, 4.69) is 15.6 Å². The highest BCUT2D eigenvalue weighted by Crippen LogP contribution is 2.24. The Morgan fingerprint density at radius 3 is 2.60 bits per heavy atom. The van der Waals surface area contributed by atoms with Crippen LogP contribution in [-0.4, -0.2) is 53.7 Å². The second-order valence-electron chi connectivity index (χ2n) is 7.31. The summed E-state index contributed by atoms with van der Waals surface area (Å²) in [6.07, 6.45) is 5.23. The standard InChI is InChI=1S/C22H24N4O4/c1-29-22(9-12-30-13-10-22)15-23-20(27)21(28)24-17-7-5-16(6-8-17)18-14-26-11-3-2-4-19(26)25-18/h2-8,11,14H,9-10,12-13,15H2,1H3,(H,23,27)(H,24,28). The van der Waals surface area contributed by atoms with E-state index in [9.17, 15) is 9.59 Å². The molecule has 1 fully saturated rings. The van der Waals surface area contributed by atoms with Gasteiger partial charge in [-0.2, -0.15) is 0 Å². The largest absolute Gasteiger partial charge is 0.381 e. The normalized spacial score (nSPS) is 15.6. The maximum atomic E-state index is 12.2. The lowest BCUT2D eigenvalue weighted by Crippen LogP contribution is -2.50. The van der Waals surface area contributed by atoms with Crippen LogP contribution in [0.5, 0.6) is 0 Å². The van der Waals surface area contributed by atoms with E-state index in [4.69, 9.17) is 9.47 Å². The molecule has 0 bridgehead atoms. The highest BCUT2D eigenvalue weighted by atomic mass is 16.5. The van der Waals surface area contributed by atoms with Crippen molar-refractivity contribution in [2.45, 2.75) is 18.4 Å². The smallest absolute Gasteiger partial charge is 0.313 e. The second kappa shape index (κ2) is 8.64. The molecule has 4 rings (SSSR count). The number of nitrogens with one attached hydrogen (secondary N) is 2. The summed E-state index contributed by atoms with van der Waals surface area (Å²) >= 11 is 0. The van der Waals surface area contributed by atoms with Crippen LogP contribution in [0.1, 0.15) is 12.8 Å². The number of hydrogen-bond donors (Lipinski definition) is 2. The summed E-state index contributed by atoms with van der Waals surface area (Å²) < 4.78 is 12.9. The maximum Gasteiger partial charge on any atom is 0.313 e. The minimum absolute atomic E-state index is 0.270. The number of hydrogen-bond acceptors (Lipinski definition) is 5. The van der Waals surface area contributed by atoms with E-state index in [1.54, 1.807) is 19.2 Å². The predicted molar refractivity (Wildman–Crippen MR) is 112 cm³/mol. The number of imidazole rings is 1. The number of rotatable bonds is 5. The number of nitrogens with zero attached hydrogens (tertiary/aromatic N) is 2. The van der Waals surface area contributed by atoms with E-state index in [-0.39, 0.29) is 6.54 Å². The lowest BCUT2D eigenvalue weighted by atomic mass is 9.94. The number of carbonyl (C=O) groups is 2. The molecule has 8 heteroatoms. The number of benzene rings is 1. The van der Waals surface area contributed by atoms with Crippen LogP contribution in [0.4, 0.5) is 5.69 Å². The topological polar surface area (TPSA) is 94.0 Å². The average molecular weight is 408 g/mol. The van der Waals surface area contributed by atoms with Gasteiger partial charge in [-0.3, -0.25) is 9.59 Å². The number of anilines is 1. The van der Waals surface area contributed by atoms with Crippen LogP contribution in [0.2, 0.25) is 0 Å². The summed E-state index contributed by atoms with van der Waals surface area (Å²) in [5.41, 5.74) is 2.67. The zero-order valence-corrected chi connectivity index (χ0v) is 16.8. The molecule has 1 saturated heterocycles. The van der Waals surface area contributed by atoms with Gasteiger partial charge in [-0.05, 0) is 24.3 Å². The summed E-state index contributed by atoms with van der Waals surface area (Å²) in [6, 6.07) is 13.0. The van der Waals surface area contributed by atoms with Gasteiger partial charge in [0, 0.05) is 63.4 Å². The quantitative estimate of drug-likeness (QED) is 0.632. The average Bonchev–Trinajstić information content (AvgIpc) is 3.23. The molecule has 0 spiro atoms. The van der Waals surface area contributed by atoms with E-state index >= 15 is 0 Å². The first-order chi connectivity index (χ1) is 14.6. The molecule has 2 amide bonds. The molecule has 0 aliphatic carbocycles. The van der Waals surface area contributed by atoms with Crippen molar-refractivity contribution in [2.24, 2.45) is 0 Å². The maximum absolute atomic E-state index is 12.2. The Hall–Kier alpha value is -3.23. The molecule has 2 aromatic heterocycles. The van der Waals surface area contributed by atoms with Crippen molar-refractivity contribution < 1.29 is 19.1 Å². The summed E-state index contributed by atoms with van der Waals surface area (Å²) in [5.74, 6) is -1.41. The zero-order chi connectivity index (χ0) is 21.0.